The number of piperidine rings is 1. The van der Waals surface area contributed by atoms with Gasteiger partial charge in [-0.3, -0.25) is 14.5 Å². The van der Waals surface area contributed by atoms with Gasteiger partial charge in [-0.2, -0.15) is 4.99 Å². The Kier molecular flexibility index (Phi) is 6.10. The number of amides is 1. The molecular weight excluding hydrogens is 416 g/mol. The van der Waals surface area contributed by atoms with E-state index in [0.29, 0.717) is 29.8 Å². The van der Waals surface area contributed by atoms with E-state index in [9.17, 15) is 9.59 Å². The summed E-state index contributed by atoms with van der Waals surface area (Å²) in [7, 11) is 0. The molecular formula is C25H32N6O2. The average molecular weight is 449 g/mol. The molecule has 3 aliphatic heterocycles. The van der Waals surface area contributed by atoms with E-state index in [1.165, 1.54) is 12.5 Å². The topological polar surface area (TPSA) is 99.0 Å². The van der Waals surface area contributed by atoms with Crippen LogP contribution >= 0.6 is 0 Å². The first-order valence-corrected chi connectivity index (χ1v) is 12.1. The molecule has 0 radical (unpaired) electrons. The molecule has 2 N–H and O–H groups in total. The zero-order chi connectivity index (χ0) is 22.9. The zero-order valence-corrected chi connectivity index (χ0v) is 19.4. The minimum absolute atomic E-state index is 0.0999. The number of carbonyl (C=O) groups is 2. The van der Waals surface area contributed by atoms with Crippen LogP contribution in [0.15, 0.2) is 39.5 Å². The Morgan fingerprint density at radius 1 is 1.15 bits per heavy atom. The summed E-state index contributed by atoms with van der Waals surface area (Å²) in [5.74, 6) is 1.93. The van der Waals surface area contributed by atoms with Crippen molar-refractivity contribution in [1.29, 1.82) is 0 Å². The maximum absolute atomic E-state index is 13.4. The van der Waals surface area contributed by atoms with E-state index in [0.717, 1.165) is 63.0 Å². The first kappa shape index (κ1) is 21.9. The number of Topliss-reactive ketones (excluding diaryl/α,β-unsaturated/α-hetero) is 1. The normalized spacial score (nSPS) is 24.5. The number of aromatic nitrogens is 1. The fraction of sp³-hybridized carbons (Fsp3) is 0.560. The number of fused-ring (bicyclic) bond motifs is 1. The molecule has 0 aromatic carbocycles. The molecule has 8 heteroatoms. The lowest BCUT2D eigenvalue weighted by atomic mass is 9.86. The number of anilines is 1. The molecule has 1 aromatic rings. The fourth-order valence-corrected chi connectivity index (χ4v) is 5.60. The molecule has 1 atom stereocenters. The molecule has 0 bridgehead atoms. The van der Waals surface area contributed by atoms with E-state index in [1.807, 2.05) is 19.2 Å². The summed E-state index contributed by atoms with van der Waals surface area (Å²) < 4.78 is 0. The van der Waals surface area contributed by atoms with Gasteiger partial charge in [0.25, 0.3) is 5.91 Å². The van der Waals surface area contributed by atoms with Crippen molar-refractivity contribution >= 4 is 29.3 Å². The highest BCUT2D eigenvalue weighted by Crippen LogP contribution is 2.35. The van der Waals surface area contributed by atoms with Crippen LogP contribution in [0.3, 0.4) is 0 Å². The third-order valence-electron chi connectivity index (χ3n) is 7.43. The largest absolute Gasteiger partial charge is 0.317 e. The fourth-order valence-electron chi connectivity index (χ4n) is 5.60. The maximum Gasteiger partial charge on any atom is 0.263 e. The van der Waals surface area contributed by atoms with Crippen molar-refractivity contribution in [3.63, 3.8) is 0 Å². The number of carbonyl (C=O) groups excluding carboxylic acids is 2. The van der Waals surface area contributed by atoms with E-state index >= 15 is 0 Å². The first-order chi connectivity index (χ1) is 16.0. The van der Waals surface area contributed by atoms with Gasteiger partial charge in [-0.1, -0.05) is 18.9 Å². The highest BCUT2D eigenvalue weighted by molar-refractivity contribution is 6.26. The van der Waals surface area contributed by atoms with Gasteiger partial charge in [-0.05, 0) is 75.7 Å². The van der Waals surface area contributed by atoms with E-state index < -0.39 is 0 Å². The van der Waals surface area contributed by atoms with E-state index in [-0.39, 0.29) is 23.7 Å². The Hall–Kier alpha value is -2.87. The maximum atomic E-state index is 13.4. The molecule has 2 fully saturated rings. The standard InChI is InChI=1S/C25H32N6O2/c1-15-20-14-28-25(29-21-8-7-18(13-27-21)17-9-11-26-12-10-17)30-23(20)31(19-5-3-4-6-19)24(33)22(15)16(2)32/h7-8,13,17,19-20,26H,3-6,9-12,14H2,1-2H3,(H,27,28,29). The molecule has 0 spiro atoms. The van der Waals surface area contributed by atoms with Crippen LogP contribution in [0, 0.1) is 5.92 Å². The van der Waals surface area contributed by atoms with Gasteiger partial charge in [-0.15, -0.1) is 0 Å². The third kappa shape index (κ3) is 4.24. The highest BCUT2D eigenvalue weighted by atomic mass is 16.2. The van der Waals surface area contributed by atoms with Gasteiger partial charge >= 0.3 is 0 Å². The Morgan fingerprint density at radius 3 is 2.58 bits per heavy atom. The number of hydrogen-bond donors (Lipinski definition) is 2. The molecule has 1 unspecified atom stereocenters. The summed E-state index contributed by atoms with van der Waals surface area (Å²) in [5.41, 5.74) is 2.36. The van der Waals surface area contributed by atoms with Crippen molar-refractivity contribution < 1.29 is 9.59 Å². The lowest BCUT2D eigenvalue weighted by molar-refractivity contribution is -0.128. The van der Waals surface area contributed by atoms with Gasteiger partial charge in [0.1, 0.15) is 11.7 Å². The smallest absolute Gasteiger partial charge is 0.263 e. The molecule has 1 aliphatic carbocycles. The third-order valence-corrected chi connectivity index (χ3v) is 7.43. The number of ketones is 1. The van der Waals surface area contributed by atoms with Crippen molar-refractivity contribution in [3.8, 4) is 0 Å². The number of amidine groups is 1. The van der Waals surface area contributed by atoms with Gasteiger partial charge in [0.05, 0.1) is 18.0 Å². The van der Waals surface area contributed by atoms with Crippen LogP contribution in [0.25, 0.3) is 0 Å². The highest BCUT2D eigenvalue weighted by Gasteiger charge is 2.43. The number of hydrogen-bond acceptors (Lipinski definition) is 7. The minimum Gasteiger partial charge on any atom is -0.317 e. The van der Waals surface area contributed by atoms with Crippen LogP contribution in [0.4, 0.5) is 5.82 Å². The lowest BCUT2D eigenvalue weighted by Crippen LogP contribution is -2.53. The molecule has 174 valence electrons. The molecule has 8 nitrogen and oxygen atoms in total. The van der Waals surface area contributed by atoms with Crippen molar-refractivity contribution in [2.24, 2.45) is 15.9 Å². The number of guanidine groups is 1. The predicted molar refractivity (Wildman–Crippen MR) is 128 cm³/mol. The number of rotatable bonds is 4. The quantitative estimate of drug-likeness (QED) is 0.690. The SMILES string of the molecule is CC(=O)C1=C(C)C2CN=C(Nc3ccc(C4CCNCC4)cn3)N=C2N(C2CCCC2)C1=O. The van der Waals surface area contributed by atoms with Gasteiger partial charge < -0.3 is 10.6 Å². The second-order valence-electron chi connectivity index (χ2n) is 9.54. The van der Waals surface area contributed by atoms with Crippen LogP contribution in [-0.2, 0) is 9.59 Å². The summed E-state index contributed by atoms with van der Waals surface area (Å²) in [6.45, 7) is 5.91. The minimum atomic E-state index is -0.201. The molecule has 4 aliphatic rings. The van der Waals surface area contributed by atoms with Gasteiger partial charge in [0.2, 0.25) is 5.96 Å². The summed E-state index contributed by atoms with van der Waals surface area (Å²) in [5, 5.41) is 6.64. The number of nitrogens with zero attached hydrogens (tertiary/aromatic N) is 4. The van der Waals surface area contributed by atoms with Crippen molar-refractivity contribution in [2.75, 3.05) is 25.0 Å². The van der Waals surface area contributed by atoms with Crippen molar-refractivity contribution in [2.45, 2.75) is 64.3 Å². The number of aliphatic imine (C=N–C) groups is 2. The van der Waals surface area contributed by atoms with Crippen LogP contribution in [0.1, 0.15) is 63.9 Å². The number of nitrogens with one attached hydrogen (secondary N) is 2. The predicted octanol–water partition coefficient (Wildman–Crippen LogP) is 3.04. The first-order valence-electron chi connectivity index (χ1n) is 12.1. The second kappa shape index (κ2) is 9.17. The van der Waals surface area contributed by atoms with Crippen LogP contribution in [-0.4, -0.2) is 59.0 Å². The summed E-state index contributed by atoms with van der Waals surface area (Å²) >= 11 is 0. The van der Waals surface area contributed by atoms with Gasteiger partial charge in [0.15, 0.2) is 5.78 Å². The van der Waals surface area contributed by atoms with Crippen LogP contribution in [0.2, 0.25) is 0 Å². The summed E-state index contributed by atoms with van der Waals surface area (Å²) in [4.78, 5) is 41.5. The molecule has 1 saturated carbocycles. The molecule has 5 rings (SSSR count). The Balaban J connectivity index is 1.39. The molecule has 33 heavy (non-hydrogen) atoms. The summed E-state index contributed by atoms with van der Waals surface area (Å²) in [6.07, 6.45) is 8.29. The lowest BCUT2D eigenvalue weighted by Gasteiger charge is -2.40. The van der Waals surface area contributed by atoms with Gasteiger partial charge in [-0.25, -0.2) is 9.98 Å². The Labute approximate surface area is 194 Å². The molecule has 4 heterocycles. The Morgan fingerprint density at radius 2 is 1.91 bits per heavy atom. The van der Waals surface area contributed by atoms with Crippen LogP contribution in [0.5, 0.6) is 0 Å². The van der Waals surface area contributed by atoms with E-state index in [1.54, 1.807) is 4.90 Å². The molecule has 1 saturated heterocycles. The Bertz CT molecular complexity index is 1030. The van der Waals surface area contributed by atoms with Gasteiger partial charge in [0, 0.05) is 12.2 Å². The molecule has 1 aromatic heterocycles. The molecule has 1 amide bonds. The van der Waals surface area contributed by atoms with E-state index in [4.69, 9.17) is 4.99 Å². The van der Waals surface area contributed by atoms with Crippen molar-refractivity contribution in [3.05, 3.63) is 35.0 Å². The average Bonchev–Trinajstić information content (AvgIpc) is 3.34. The monoisotopic (exact) mass is 448 g/mol. The summed E-state index contributed by atoms with van der Waals surface area (Å²) in [6, 6.07) is 4.21. The van der Waals surface area contributed by atoms with Crippen molar-refractivity contribution in [1.82, 2.24) is 15.2 Å². The van der Waals surface area contributed by atoms with E-state index in [2.05, 4.69) is 26.7 Å². The second-order valence-corrected chi connectivity index (χ2v) is 9.54. The van der Waals surface area contributed by atoms with Crippen LogP contribution < -0.4 is 10.6 Å². The zero-order valence-electron chi connectivity index (χ0n) is 19.4. The number of pyridine rings is 1.